The third-order valence-electron chi connectivity index (χ3n) is 2.24. The average Bonchev–Trinajstić information content (AvgIpc) is 2.92. The Morgan fingerprint density at radius 3 is 2.74 bits per heavy atom. The molecule has 1 heterocycles. The molecular formula is C14H11BrN2O2. The van der Waals surface area contributed by atoms with E-state index in [0.29, 0.717) is 5.56 Å². The van der Waals surface area contributed by atoms with Crippen LogP contribution in [-0.2, 0) is 0 Å². The van der Waals surface area contributed by atoms with E-state index in [9.17, 15) is 4.79 Å². The van der Waals surface area contributed by atoms with Crippen molar-refractivity contribution in [2.75, 3.05) is 0 Å². The molecule has 2 aromatic rings. The first-order valence-corrected chi connectivity index (χ1v) is 6.34. The average molecular weight is 319 g/mol. The molecule has 1 aromatic heterocycles. The first-order valence-electron chi connectivity index (χ1n) is 5.55. The predicted molar refractivity (Wildman–Crippen MR) is 77.8 cm³/mol. The minimum absolute atomic E-state index is 0.254. The van der Waals surface area contributed by atoms with Crippen LogP contribution >= 0.6 is 15.9 Å². The predicted octanol–water partition coefficient (Wildman–Crippen LogP) is 3.47. The number of halogens is 1. The van der Waals surface area contributed by atoms with E-state index in [2.05, 4.69) is 26.5 Å². The molecular weight excluding hydrogens is 308 g/mol. The van der Waals surface area contributed by atoms with Crippen molar-refractivity contribution in [1.29, 1.82) is 0 Å². The maximum absolute atomic E-state index is 11.7. The normalized spacial score (nSPS) is 11.2. The van der Waals surface area contributed by atoms with E-state index in [-0.39, 0.29) is 5.91 Å². The minimum Gasteiger partial charge on any atom is -0.465 e. The molecule has 0 aliphatic rings. The number of carbonyl (C=O) groups is 1. The molecule has 0 spiro atoms. The summed E-state index contributed by atoms with van der Waals surface area (Å²) in [5.74, 6) is 0.473. The van der Waals surface area contributed by atoms with E-state index in [0.717, 1.165) is 10.2 Å². The zero-order valence-electron chi connectivity index (χ0n) is 9.92. The molecule has 5 heteroatoms. The van der Waals surface area contributed by atoms with Crippen molar-refractivity contribution in [3.63, 3.8) is 0 Å². The Hall–Kier alpha value is -2.14. The lowest BCUT2D eigenvalue weighted by molar-refractivity contribution is 0.0955. The van der Waals surface area contributed by atoms with Crippen LogP contribution in [0.5, 0.6) is 0 Å². The van der Waals surface area contributed by atoms with E-state index < -0.39 is 0 Å². The van der Waals surface area contributed by atoms with Gasteiger partial charge in [0.05, 0.1) is 6.26 Å². The summed E-state index contributed by atoms with van der Waals surface area (Å²) in [6, 6.07) is 10.7. The topological polar surface area (TPSA) is 54.6 Å². The monoisotopic (exact) mass is 318 g/mol. The number of hydrogen-bond acceptors (Lipinski definition) is 3. The van der Waals surface area contributed by atoms with Crippen molar-refractivity contribution in [3.05, 3.63) is 64.5 Å². The lowest BCUT2D eigenvalue weighted by Gasteiger charge is -1.98. The van der Waals surface area contributed by atoms with E-state index in [1.54, 1.807) is 48.7 Å². The van der Waals surface area contributed by atoms with Gasteiger partial charge in [0.15, 0.2) is 0 Å². The molecule has 0 unspecified atom stereocenters. The molecule has 0 bridgehead atoms. The lowest BCUT2D eigenvalue weighted by Crippen LogP contribution is -2.17. The van der Waals surface area contributed by atoms with Crippen LogP contribution in [0.3, 0.4) is 0 Å². The molecule has 96 valence electrons. The molecule has 0 fully saturated rings. The molecule has 0 aliphatic heterocycles. The Labute approximate surface area is 118 Å². The zero-order valence-corrected chi connectivity index (χ0v) is 11.5. The molecule has 2 rings (SSSR count). The Kier molecular flexibility index (Phi) is 4.69. The quantitative estimate of drug-likeness (QED) is 0.693. The summed E-state index contributed by atoms with van der Waals surface area (Å²) in [6.45, 7) is 0. The van der Waals surface area contributed by atoms with Crippen LogP contribution < -0.4 is 5.43 Å². The second-order valence-electron chi connectivity index (χ2n) is 3.60. The SMILES string of the molecule is O=C(NN=C/C=C/c1ccco1)c1ccc(Br)cc1. The summed E-state index contributed by atoms with van der Waals surface area (Å²) in [7, 11) is 0. The Balaban J connectivity index is 1.85. The highest BCUT2D eigenvalue weighted by molar-refractivity contribution is 9.10. The van der Waals surface area contributed by atoms with Crippen molar-refractivity contribution < 1.29 is 9.21 Å². The molecule has 1 N–H and O–H groups in total. The van der Waals surface area contributed by atoms with Gasteiger partial charge in [-0.25, -0.2) is 5.43 Å². The summed E-state index contributed by atoms with van der Waals surface area (Å²) in [5.41, 5.74) is 2.98. The van der Waals surface area contributed by atoms with E-state index in [4.69, 9.17) is 4.42 Å². The van der Waals surface area contributed by atoms with Crippen LogP contribution in [-0.4, -0.2) is 12.1 Å². The number of benzene rings is 1. The van der Waals surface area contributed by atoms with E-state index in [1.807, 2.05) is 6.07 Å². The van der Waals surface area contributed by atoms with Crippen LogP contribution in [0.15, 0.2) is 62.7 Å². The third kappa shape index (κ3) is 4.22. The molecule has 4 nitrogen and oxygen atoms in total. The van der Waals surface area contributed by atoms with Gasteiger partial charge in [0.2, 0.25) is 0 Å². The van der Waals surface area contributed by atoms with Gasteiger partial charge in [0, 0.05) is 16.3 Å². The van der Waals surface area contributed by atoms with Gasteiger partial charge in [-0.15, -0.1) is 0 Å². The van der Waals surface area contributed by atoms with Gasteiger partial charge in [-0.2, -0.15) is 5.10 Å². The first kappa shape index (κ1) is 13.3. The van der Waals surface area contributed by atoms with Gasteiger partial charge in [0.1, 0.15) is 5.76 Å². The summed E-state index contributed by atoms with van der Waals surface area (Å²) >= 11 is 3.31. The third-order valence-corrected chi connectivity index (χ3v) is 2.77. The van der Waals surface area contributed by atoms with Crippen LogP contribution in [0.1, 0.15) is 16.1 Å². The van der Waals surface area contributed by atoms with Gasteiger partial charge in [-0.1, -0.05) is 15.9 Å². The number of allylic oxidation sites excluding steroid dienone is 1. The maximum Gasteiger partial charge on any atom is 0.271 e. The summed E-state index contributed by atoms with van der Waals surface area (Å²) in [5, 5.41) is 3.80. The first-order chi connectivity index (χ1) is 9.25. The molecule has 1 amide bonds. The van der Waals surface area contributed by atoms with Crippen LogP contribution in [0.25, 0.3) is 6.08 Å². The van der Waals surface area contributed by atoms with Gasteiger partial charge in [0.25, 0.3) is 5.91 Å². The fourth-order valence-corrected chi connectivity index (χ4v) is 1.59. The van der Waals surface area contributed by atoms with E-state index in [1.165, 1.54) is 6.21 Å². The van der Waals surface area contributed by atoms with Crippen LogP contribution in [0.2, 0.25) is 0 Å². The number of carbonyl (C=O) groups excluding carboxylic acids is 1. The fraction of sp³-hybridized carbons (Fsp3) is 0. The highest BCUT2D eigenvalue weighted by Crippen LogP contribution is 2.10. The summed E-state index contributed by atoms with van der Waals surface area (Å²) in [6.07, 6.45) is 6.50. The van der Waals surface area contributed by atoms with Crippen molar-refractivity contribution in [2.24, 2.45) is 5.10 Å². The van der Waals surface area contributed by atoms with Gasteiger partial charge in [-0.05, 0) is 48.6 Å². The maximum atomic E-state index is 11.7. The summed E-state index contributed by atoms with van der Waals surface area (Å²) < 4.78 is 6.03. The molecule has 0 saturated heterocycles. The summed E-state index contributed by atoms with van der Waals surface area (Å²) in [4.78, 5) is 11.7. The molecule has 19 heavy (non-hydrogen) atoms. The Bertz CT molecular complexity index is 586. The Morgan fingerprint density at radius 2 is 2.05 bits per heavy atom. The van der Waals surface area contributed by atoms with Gasteiger partial charge in [-0.3, -0.25) is 4.79 Å². The lowest BCUT2D eigenvalue weighted by atomic mass is 10.2. The highest BCUT2D eigenvalue weighted by Gasteiger charge is 2.02. The number of rotatable bonds is 4. The number of nitrogens with one attached hydrogen (secondary N) is 1. The molecule has 0 saturated carbocycles. The number of hydrogen-bond donors (Lipinski definition) is 1. The number of nitrogens with zero attached hydrogens (tertiary/aromatic N) is 1. The van der Waals surface area contributed by atoms with Crippen molar-refractivity contribution in [3.8, 4) is 0 Å². The zero-order chi connectivity index (χ0) is 13.5. The smallest absolute Gasteiger partial charge is 0.271 e. The fourth-order valence-electron chi connectivity index (χ4n) is 1.33. The van der Waals surface area contributed by atoms with Gasteiger partial charge >= 0.3 is 0 Å². The van der Waals surface area contributed by atoms with E-state index >= 15 is 0 Å². The minimum atomic E-state index is -0.254. The van der Waals surface area contributed by atoms with Crippen molar-refractivity contribution in [1.82, 2.24) is 5.43 Å². The van der Waals surface area contributed by atoms with Crippen molar-refractivity contribution in [2.45, 2.75) is 0 Å². The van der Waals surface area contributed by atoms with Crippen LogP contribution in [0, 0.1) is 0 Å². The highest BCUT2D eigenvalue weighted by atomic mass is 79.9. The second-order valence-corrected chi connectivity index (χ2v) is 4.52. The second kappa shape index (κ2) is 6.70. The van der Waals surface area contributed by atoms with Gasteiger partial charge < -0.3 is 4.42 Å². The molecule has 0 radical (unpaired) electrons. The standard InChI is InChI=1S/C14H11BrN2O2/c15-12-7-5-11(6-8-12)14(18)17-16-9-1-3-13-4-2-10-19-13/h1-10H,(H,17,18)/b3-1+,16-9?. The number of hydrazone groups is 1. The number of amides is 1. The number of furan rings is 1. The largest absolute Gasteiger partial charge is 0.465 e. The van der Waals surface area contributed by atoms with Crippen molar-refractivity contribution >= 4 is 34.1 Å². The molecule has 0 aliphatic carbocycles. The van der Waals surface area contributed by atoms with Crippen LogP contribution in [0.4, 0.5) is 0 Å². The molecule has 0 atom stereocenters. The Morgan fingerprint density at radius 1 is 1.26 bits per heavy atom. The molecule has 1 aromatic carbocycles.